The zero-order valence-corrected chi connectivity index (χ0v) is 12.8. The maximum atomic E-state index is 11.9. The van der Waals surface area contributed by atoms with E-state index in [0.717, 1.165) is 12.8 Å². The third-order valence-corrected chi connectivity index (χ3v) is 5.16. The summed E-state index contributed by atoms with van der Waals surface area (Å²) in [7, 11) is 1.40. The summed E-state index contributed by atoms with van der Waals surface area (Å²) in [6.45, 7) is 3.96. The molecule has 5 atom stereocenters. The Bertz CT molecular complexity index is 497. The molecule has 5 heteroatoms. The van der Waals surface area contributed by atoms with E-state index in [0.29, 0.717) is 18.4 Å². The zero-order chi connectivity index (χ0) is 15.2. The molecule has 2 saturated heterocycles. The fourth-order valence-corrected chi connectivity index (χ4v) is 3.61. The van der Waals surface area contributed by atoms with Gasteiger partial charge in [0.05, 0.1) is 24.7 Å². The van der Waals surface area contributed by atoms with Crippen LogP contribution in [0, 0.1) is 11.8 Å². The molecule has 3 rings (SSSR count). The molecule has 0 bridgehead atoms. The molecule has 0 radical (unpaired) electrons. The summed E-state index contributed by atoms with van der Waals surface area (Å²) in [5.74, 6) is -0.451. The fourth-order valence-electron chi connectivity index (χ4n) is 3.61. The van der Waals surface area contributed by atoms with Gasteiger partial charge >= 0.3 is 11.9 Å². The van der Waals surface area contributed by atoms with Gasteiger partial charge in [-0.15, -0.1) is 0 Å². The molecule has 5 unspecified atom stereocenters. The van der Waals surface area contributed by atoms with Crippen molar-refractivity contribution >= 4 is 11.9 Å². The van der Waals surface area contributed by atoms with Crippen molar-refractivity contribution in [3.8, 4) is 0 Å². The normalized spacial score (nSPS) is 42.2. The van der Waals surface area contributed by atoms with E-state index in [1.54, 1.807) is 0 Å². The molecule has 5 nitrogen and oxygen atoms in total. The van der Waals surface area contributed by atoms with Gasteiger partial charge in [-0.1, -0.05) is 13.0 Å². The Morgan fingerprint density at radius 3 is 2.95 bits per heavy atom. The number of esters is 2. The molecular weight excluding hydrogens is 272 g/mol. The maximum Gasteiger partial charge on any atom is 0.333 e. The summed E-state index contributed by atoms with van der Waals surface area (Å²) in [4.78, 5) is 23.7. The first-order chi connectivity index (χ1) is 9.94. The van der Waals surface area contributed by atoms with Crippen molar-refractivity contribution in [1.82, 2.24) is 0 Å². The molecule has 0 aromatic rings. The van der Waals surface area contributed by atoms with Crippen LogP contribution in [0.5, 0.6) is 0 Å². The summed E-state index contributed by atoms with van der Waals surface area (Å²) < 4.78 is 16.2. The van der Waals surface area contributed by atoms with Crippen LogP contribution in [0.2, 0.25) is 0 Å². The van der Waals surface area contributed by atoms with Gasteiger partial charge in [0.2, 0.25) is 0 Å². The highest BCUT2D eigenvalue weighted by atomic mass is 16.6. The molecule has 0 aromatic heterocycles. The van der Waals surface area contributed by atoms with Crippen LogP contribution in [0.4, 0.5) is 0 Å². The standard InChI is InChI=1S/C16H22O5/c1-9-11-6-4-10(15(18)19-3)5-7-13-16(2,21-13)8-12(11)20-14(9)17/h4,9,11-13H,5-8H2,1-3H3. The van der Waals surface area contributed by atoms with Gasteiger partial charge in [0.25, 0.3) is 0 Å². The molecule has 116 valence electrons. The Hall–Kier alpha value is -1.36. The third kappa shape index (κ3) is 2.59. The van der Waals surface area contributed by atoms with Crippen LogP contribution in [0.1, 0.15) is 39.5 Å². The Labute approximate surface area is 124 Å². The van der Waals surface area contributed by atoms with Crippen LogP contribution in [0.15, 0.2) is 11.6 Å². The zero-order valence-electron chi connectivity index (χ0n) is 12.8. The molecule has 0 saturated carbocycles. The second-order valence-electron chi connectivity index (χ2n) is 6.55. The van der Waals surface area contributed by atoms with Gasteiger partial charge in [0, 0.05) is 17.9 Å². The molecule has 0 aromatic carbocycles. The summed E-state index contributed by atoms with van der Waals surface area (Å²) in [5.41, 5.74) is 0.466. The van der Waals surface area contributed by atoms with Gasteiger partial charge in [-0.25, -0.2) is 4.79 Å². The minimum absolute atomic E-state index is 0.108. The highest BCUT2D eigenvalue weighted by molar-refractivity contribution is 5.88. The number of carbonyl (C=O) groups is 2. The van der Waals surface area contributed by atoms with E-state index in [9.17, 15) is 9.59 Å². The molecule has 2 aliphatic heterocycles. The van der Waals surface area contributed by atoms with Crippen molar-refractivity contribution in [3.63, 3.8) is 0 Å². The number of epoxide rings is 1. The highest BCUT2D eigenvalue weighted by Crippen LogP contribution is 2.48. The van der Waals surface area contributed by atoms with Crippen molar-refractivity contribution in [2.24, 2.45) is 11.8 Å². The molecule has 3 aliphatic rings. The second-order valence-corrected chi connectivity index (χ2v) is 6.55. The highest BCUT2D eigenvalue weighted by Gasteiger charge is 2.56. The number of fused-ring (bicyclic) bond motifs is 2. The molecule has 2 fully saturated rings. The van der Waals surface area contributed by atoms with Gasteiger partial charge in [0.15, 0.2) is 0 Å². The smallest absolute Gasteiger partial charge is 0.333 e. The monoisotopic (exact) mass is 294 g/mol. The van der Waals surface area contributed by atoms with E-state index in [1.807, 2.05) is 13.0 Å². The molecular formula is C16H22O5. The quantitative estimate of drug-likeness (QED) is 0.546. The summed E-state index contributed by atoms with van der Waals surface area (Å²) >= 11 is 0. The van der Waals surface area contributed by atoms with Gasteiger partial charge in [-0.3, -0.25) is 4.79 Å². The lowest BCUT2D eigenvalue weighted by atomic mass is 9.82. The Balaban J connectivity index is 1.86. The van der Waals surface area contributed by atoms with Crippen LogP contribution in [-0.2, 0) is 23.8 Å². The lowest BCUT2D eigenvalue weighted by Crippen LogP contribution is -2.27. The minimum Gasteiger partial charge on any atom is -0.466 e. The van der Waals surface area contributed by atoms with Gasteiger partial charge in [0.1, 0.15) is 6.10 Å². The van der Waals surface area contributed by atoms with E-state index >= 15 is 0 Å². The second kappa shape index (κ2) is 5.13. The number of hydrogen-bond acceptors (Lipinski definition) is 5. The predicted molar refractivity (Wildman–Crippen MR) is 74.4 cm³/mol. The molecule has 1 aliphatic carbocycles. The lowest BCUT2D eigenvalue weighted by molar-refractivity contribution is -0.144. The van der Waals surface area contributed by atoms with Crippen molar-refractivity contribution in [2.45, 2.75) is 57.3 Å². The van der Waals surface area contributed by atoms with E-state index in [2.05, 4.69) is 6.92 Å². The van der Waals surface area contributed by atoms with Crippen molar-refractivity contribution in [1.29, 1.82) is 0 Å². The third-order valence-electron chi connectivity index (χ3n) is 5.16. The van der Waals surface area contributed by atoms with E-state index in [-0.39, 0.29) is 41.6 Å². The first kappa shape index (κ1) is 14.6. The van der Waals surface area contributed by atoms with Crippen molar-refractivity contribution in [2.75, 3.05) is 7.11 Å². The summed E-state index contributed by atoms with van der Waals surface area (Å²) in [5, 5.41) is 0. The first-order valence-corrected chi connectivity index (χ1v) is 7.60. The van der Waals surface area contributed by atoms with E-state index in [4.69, 9.17) is 14.2 Å². The topological polar surface area (TPSA) is 65.1 Å². The van der Waals surface area contributed by atoms with Gasteiger partial charge in [-0.2, -0.15) is 0 Å². The molecule has 0 amide bonds. The number of carbonyl (C=O) groups excluding carboxylic acids is 2. The number of ether oxygens (including phenoxy) is 3. The van der Waals surface area contributed by atoms with E-state index < -0.39 is 0 Å². The molecule has 2 heterocycles. The molecule has 21 heavy (non-hydrogen) atoms. The number of allylic oxidation sites excluding steroid dienone is 1. The summed E-state index contributed by atoms with van der Waals surface area (Å²) in [6.07, 6.45) is 4.83. The van der Waals surface area contributed by atoms with Crippen LogP contribution < -0.4 is 0 Å². The lowest BCUT2D eigenvalue weighted by Gasteiger charge is -2.21. The fraction of sp³-hybridized carbons (Fsp3) is 0.750. The number of hydrogen-bond donors (Lipinski definition) is 0. The molecule has 0 spiro atoms. The predicted octanol–water partition coefficient (Wildman–Crippen LogP) is 1.99. The van der Waals surface area contributed by atoms with Crippen LogP contribution in [0.3, 0.4) is 0 Å². The van der Waals surface area contributed by atoms with E-state index in [1.165, 1.54) is 7.11 Å². The Morgan fingerprint density at radius 2 is 2.24 bits per heavy atom. The van der Waals surface area contributed by atoms with Crippen LogP contribution in [-0.4, -0.2) is 36.9 Å². The average Bonchev–Trinajstić information content (AvgIpc) is 3.02. The summed E-state index contributed by atoms with van der Waals surface area (Å²) in [6, 6.07) is 0. The molecule has 0 N–H and O–H groups in total. The Morgan fingerprint density at radius 1 is 1.48 bits per heavy atom. The first-order valence-electron chi connectivity index (χ1n) is 7.60. The number of rotatable bonds is 1. The number of methoxy groups -OCH3 is 1. The van der Waals surface area contributed by atoms with Gasteiger partial charge < -0.3 is 14.2 Å². The average molecular weight is 294 g/mol. The SMILES string of the molecule is COC(=O)C1=CCC2C(CC3(C)OC3CC1)OC(=O)C2C. The Kier molecular flexibility index (Phi) is 3.56. The van der Waals surface area contributed by atoms with Crippen molar-refractivity contribution < 1.29 is 23.8 Å². The van der Waals surface area contributed by atoms with Crippen LogP contribution in [0.25, 0.3) is 0 Å². The maximum absolute atomic E-state index is 11.9. The van der Waals surface area contributed by atoms with Crippen LogP contribution >= 0.6 is 0 Å². The largest absolute Gasteiger partial charge is 0.466 e. The van der Waals surface area contributed by atoms with Gasteiger partial charge in [-0.05, 0) is 26.2 Å². The van der Waals surface area contributed by atoms with Crippen molar-refractivity contribution in [3.05, 3.63) is 11.6 Å². The minimum atomic E-state index is -0.285.